The van der Waals surface area contributed by atoms with Crippen molar-refractivity contribution in [3.05, 3.63) is 82.0 Å². The summed E-state index contributed by atoms with van der Waals surface area (Å²) in [4.78, 5) is 31.5. The van der Waals surface area contributed by atoms with E-state index in [4.69, 9.17) is 9.47 Å². The van der Waals surface area contributed by atoms with Crippen molar-refractivity contribution in [3.8, 4) is 11.8 Å². The normalized spacial score (nSPS) is 12.6. The second-order valence-corrected chi connectivity index (χ2v) is 8.61. The first-order valence-electron chi connectivity index (χ1n) is 10.6. The fourth-order valence-electron chi connectivity index (χ4n) is 3.56. The number of carbonyl (C=O) groups excluding carboxylic acids is 2. The highest BCUT2D eigenvalue weighted by atomic mass is 32.1. The van der Waals surface area contributed by atoms with Crippen LogP contribution < -0.4 is 10.1 Å². The molecule has 0 saturated heterocycles. The summed E-state index contributed by atoms with van der Waals surface area (Å²) in [6.45, 7) is 0.897. The number of benzene rings is 1. The Labute approximate surface area is 201 Å². The Hall–Kier alpha value is -4.16. The first kappa shape index (κ1) is 23.0. The number of anilines is 1. The van der Waals surface area contributed by atoms with Crippen molar-refractivity contribution in [2.75, 3.05) is 19.0 Å². The van der Waals surface area contributed by atoms with E-state index in [1.165, 1.54) is 17.4 Å². The molecule has 34 heavy (non-hydrogen) atoms. The van der Waals surface area contributed by atoms with Gasteiger partial charge in [-0.3, -0.25) is 9.78 Å². The van der Waals surface area contributed by atoms with Crippen LogP contribution >= 0.6 is 11.3 Å². The zero-order chi connectivity index (χ0) is 23.9. The van der Waals surface area contributed by atoms with Gasteiger partial charge in [0.1, 0.15) is 23.4 Å². The number of rotatable bonds is 6. The van der Waals surface area contributed by atoms with Gasteiger partial charge < -0.3 is 19.7 Å². The molecule has 1 N–H and O–H groups in total. The highest BCUT2D eigenvalue weighted by Gasteiger charge is 2.28. The molecule has 3 aromatic rings. The van der Waals surface area contributed by atoms with E-state index >= 15 is 0 Å². The molecule has 0 atom stereocenters. The second kappa shape index (κ2) is 10.6. The molecule has 0 saturated carbocycles. The van der Waals surface area contributed by atoms with Gasteiger partial charge in [-0.25, -0.2) is 4.79 Å². The Bertz CT molecular complexity index is 1260. The van der Waals surface area contributed by atoms with Crippen LogP contribution in [0, 0.1) is 11.3 Å². The van der Waals surface area contributed by atoms with Crippen molar-refractivity contribution >= 4 is 34.4 Å². The summed E-state index contributed by atoms with van der Waals surface area (Å²) in [6.07, 6.45) is 6.46. The summed E-state index contributed by atoms with van der Waals surface area (Å²) in [5.74, 6) is 0.358. The van der Waals surface area contributed by atoms with E-state index in [1.807, 2.05) is 30.3 Å². The van der Waals surface area contributed by atoms with Gasteiger partial charge in [0.2, 0.25) is 5.91 Å². The number of nitriles is 1. The van der Waals surface area contributed by atoms with Crippen LogP contribution in [0.25, 0.3) is 6.08 Å². The van der Waals surface area contributed by atoms with Gasteiger partial charge in [0.15, 0.2) is 0 Å². The molecule has 0 fully saturated rings. The van der Waals surface area contributed by atoms with Crippen LogP contribution in [0.5, 0.6) is 5.75 Å². The van der Waals surface area contributed by atoms with Gasteiger partial charge >= 0.3 is 6.09 Å². The molecule has 0 bridgehead atoms. The summed E-state index contributed by atoms with van der Waals surface area (Å²) < 4.78 is 10.7. The summed E-state index contributed by atoms with van der Waals surface area (Å²) >= 11 is 1.31. The Balaban J connectivity index is 1.40. The third kappa shape index (κ3) is 5.42. The van der Waals surface area contributed by atoms with E-state index in [-0.39, 0.29) is 12.5 Å². The van der Waals surface area contributed by atoms with Crippen LogP contribution in [0.4, 0.5) is 9.80 Å². The zero-order valence-electron chi connectivity index (χ0n) is 18.5. The van der Waals surface area contributed by atoms with Crippen molar-refractivity contribution in [2.24, 2.45) is 0 Å². The molecule has 0 unspecified atom stereocenters. The van der Waals surface area contributed by atoms with Crippen LogP contribution in [0.1, 0.15) is 27.1 Å². The molecule has 1 aromatic carbocycles. The van der Waals surface area contributed by atoms with Crippen molar-refractivity contribution in [3.63, 3.8) is 0 Å². The van der Waals surface area contributed by atoms with Gasteiger partial charge in [-0.15, -0.1) is 11.3 Å². The van der Waals surface area contributed by atoms with E-state index in [1.54, 1.807) is 36.5 Å². The van der Waals surface area contributed by atoms with Gasteiger partial charge in [0, 0.05) is 29.9 Å². The fraction of sp³-hybridized carbons (Fsp3) is 0.200. The largest absolute Gasteiger partial charge is 0.497 e. The lowest BCUT2D eigenvalue weighted by molar-refractivity contribution is -0.111. The molecule has 2 aromatic heterocycles. The van der Waals surface area contributed by atoms with Gasteiger partial charge in [-0.05, 0) is 47.4 Å². The molecule has 172 valence electrons. The molecule has 3 heterocycles. The maximum Gasteiger partial charge on any atom is 0.410 e. The molecule has 0 radical (unpaired) electrons. The number of carbonyl (C=O) groups is 2. The zero-order valence-corrected chi connectivity index (χ0v) is 19.3. The Morgan fingerprint density at radius 2 is 2.21 bits per heavy atom. The van der Waals surface area contributed by atoms with Gasteiger partial charge in [0.25, 0.3) is 0 Å². The summed E-state index contributed by atoms with van der Waals surface area (Å²) in [5, 5.41) is 13.0. The van der Waals surface area contributed by atoms with Crippen molar-refractivity contribution in [1.82, 2.24) is 9.88 Å². The minimum Gasteiger partial charge on any atom is -0.497 e. The number of methoxy groups -OCH3 is 1. The van der Waals surface area contributed by atoms with Crippen molar-refractivity contribution in [2.45, 2.75) is 19.6 Å². The molecule has 9 heteroatoms. The van der Waals surface area contributed by atoms with E-state index in [9.17, 15) is 14.9 Å². The molecule has 8 nitrogen and oxygen atoms in total. The number of hydrogen-bond donors (Lipinski definition) is 1. The molecular weight excluding hydrogens is 452 g/mol. The minimum absolute atomic E-state index is 0.137. The van der Waals surface area contributed by atoms with Crippen LogP contribution in [-0.4, -0.2) is 35.5 Å². The van der Waals surface area contributed by atoms with Crippen LogP contribution in [0.2, 0.25) is 0 Å². The number of hydrogen-bond acceptors (Lipinski definition) is 7. The number of nitrogens with zero attached hydrogens (tertiary/aromatic N) is 3. The van der Waals surface area contributed by atoms with E-state index in [0.29, 0.717) is 35.8 Å². The second-order valence-electron chi connectivity index (χ2n) is 7.51. The number of nitrogens with one attached hydrogen (secondary N) is 1. The highest BCUT2D eigenvalue weighted by Crippen LogP contribution is 2.36. The molecular formula is C25H22N4O4S. The molecule has 4 rings (SSSR count). The average molecular weight is 475 g/mol. The number of thiophene rings is 1. The van der Waals surface area contributed by atoms with Gasteiger partial charge in [-0.2, -0.15) is 5.26 Å². The lowest BCUT2D eigenvalue weighted by atomic mass is 10.0. The smallest absolute Gasteiger partial charge is 0.410 e. The van der Waals surface area contributed by atoms with Crippen molar-refractivity contribution in [1.29, 1.82) is 5.26 Å². The highest BCUT2D eigenvalue weighted by molar-refractivity contribution is 7.16. The third-order valence-corrected chi connectivity index (χ3v) is 6.40. The van der Waals surface area contributed by atoms with E-state index in [2.05, 4.69) is 16.4 Å². The summed E-state index contributed by atoms with van der Waals surface area (Å²) in [7, 11) is 1.58. The fourth-order valence-corrected chi connectivity index (χ4v) is 4.78. The summed E-state index contributed by atoms with van der Waals surface area (Å²) in [5.41, 5.74) is 2.95. The monoisotopic (exact) mass is 474 g/mol. The maximum atomic E-state index is 12.6. The topological polar surface area (TPSA) is 105 Å². The number of pyridine rings is 1. The van der Waals surface area contributed by atoms with E-state index in [0.717, 1.165) is 21.6 Å². The maximum absolute atomic E-state index is 12.6. The molecule has 1 aliphatic rings. The lowest BCUT2D eigenvalue weighted by Crippen LogP contribution is -2.35. The predicted octanol–water partition coefficient (Wildman–Crippen LogP) is 4.37. The Morgan fingerprint density at radius 1 is 1.32 bits per heavy atom. The Morgan fingerprint density at radius 3 is 2.97 bits per heavy atom. The van der Waals surface area contributed by atoms with Gasteiger partial charge in [0.05, 0.1) is 19.2 Å². The third-order valence-electron chi connectivity index (χ3n) is 5.27. The SMILES string of the molecule is COc1cccc(COC(=O)N2CCc3c(sc(NC(=O)C=Cc4cccnc4)c3C#N)C2)c1. The predicted molar refractivity (Wildman–Crippen MR) is 128 cm³/mol. The minimum atomic E-state index is -0.426. The van der Waals surface area contributed by atoms with Crippen molar-refractivity contribution < 1.29 is 19.1 Å². The van der Waals surface area contributed by atoms with Crippen LogP contribution in [0.15, 0.2) is 54.9 Å². The molecule has 0 aliphatic carbocycles. The number of amides is 2. The van der Waals surface area contributed by atoms with Crippen LogP contribution in [-0.2, 0) is 29.1 Å². The lowest BCUT2D eigenvalue weighted by Gasteiger charge is -2.26. The molecule has 1 aliphatic heterocycles. The number of fused-ring (bicyclic) bond motifs is 1. The number of ether oxygens (including phenoxy) is 2. The Kier molecular flexibility index (Phi) is 7.20. The first-order valence-corrected chi connectivity index (χ1v) is 11.4. The molecule has 2 amide bonds. The average Bonchev–Trinajstić information content (AvgIpc) is 3.22. The summed E-state index contributed by atoms with van der Waals surface area (Å²) in [6, 6.07) is 13.2. The quantitative estimate of drug-likeness (QED) is 0.532. The van der Waals surface area contributed by atoms with Gasteiger partial charge in [-0.1, -0.05) is 18.2 Å². The number of aromatic nitrogens is 1. The molecule has 0 spiro atoms. The van der Waals surface area contributed by atoms with E-state index < -0.39 is 6.09 Å². The standard InChI is InChI=1S/C25H22N4O4S/c1-32-19-6-2-4-18(12-19)16-33-25(31)29-11-9-20-21(13-26)24(34-22(20)15-29)28-23(30)8-7-17-5-3-10-27-14-17/h2-8,10,12,14H,9,11,15-16H2,1H3,(H,28,30). The first-order chi connectivity index (χ1) is 16.6. The van der Waals surface area contributed by atoms with Crippen LogP contribution in [0.3, 0.4) is 0 Å².